The number of unbranched alkanes of at least 4 members (excludes halogenated alkanes) is 8. The van der Waals surface area contributed by atoms with E-state index in [1.165, 1.54) is 19.3 Å². The second kappa shape index (κ2) is 46.3. The number of nitrogens with one attached hydrogen (secondary N) is 1. The topological polar surface area (TPSA) is 125 Å². The van der Waals surface area contributed by atoms with Crippen LogP contribution in [0.15, 0.2) is 134 Å². The van der Waals surface area contributed by atoms with Crippen LogP contribution in [0.4, 0.5) is 0 Å². The van der Waals surface area contributed by atoms with Crippen LogP contribution in [0.2, 0.25) is 0 Å². The van der Waals surface area contributed by atoms with Crippen LogP contribution in [0.5, 0.6) is 0 Å². The minimum Gasteiger partial charge on any atom is -0.390 e. The molecule has 0 aliphatic heterocycles. The van der Waals surface area contributed by atoms with Crippen molar-refractivity contribution in [3.63, 3.8) is 0 Å². The lowest BCUT2D eigenvalue weighted by molar-refractivity contribution is -0.870. The molecule has 4 unspecified atom stereocenters. The highest BCUT2D eigenvalue weighted by atomic mass is 31.2. The van der Waals surface area contributed by atoms with Gasteiger partial charge in [-0.05, 0) is 122 Å². The number of nitrogens with zero attached hydrogens (tertiary/aromatic N) is 1. The Labute approximate surface area is 409 Å². The molecule has 67 heavy (non-hydrogen) atoms. The molecular formula is C57H96N2O7P+. The molecule has 0 aromatic rings. The normalized spacial score (nSPS) is 15.6. The molecule has 0 aromatic heterocycles. The van der Waals surface area contributed by atoms with Crippen molar-refractivity contribution in [1.82, 2.24) is 5.32 Å². The summed E-state index contributed by atoms with van der Waals surface area (Å²) >= 11 is 0. The molecule has 4 N–H and O–H groups in total. The number of rotatable bonds is 44. The molecule has 0 aromatic carbocycles. The van der Waals surface area contributed by atoms with E-state index in [1.54, 1.807) is 0 Å². The number of amides is 1. The van der Waals surface area contributed by atoms with E-state index in [2.05, 4.69) is 153 Å². The molecule has 0 heterocycles. The smallest absolute Gasteiger partial charge is 0.390 e. The minimum absolute atomic E-state index is 0.00142. The number of aliphatic hydroxyl groups is 2. The van der Waals surface area contributed by atoms with Gasteiger partial charge in [0.1, 0.15) is 19.3 Å². The highest BCUT2D eigenvalue weighted by Gasteiger charge is 2.31. The van der Waals surface area contributed by atoms with Crippen molar-refractivity contribution >= 4 is 13.7 Å². The summed E-state index contributed by atoms with van der Waals surface area (Å²) in [5.41, 5.74) is 0. The zero-order valence-corrected chi connectivity index (χ0v) is 43.6. The highest BCUT2D eigenvalue weighted by molar-refractivity contribution is 7.47. The average molecular weight is 952 g/mol. The average Bonchev–Trinajstić information content (AvgIpc) is 3.29. The van der Waals surface area contributed by atoms with Gasteiger partial charge >= 0.3 is 7.82 Å². The number of phosphoric acid groups is 1. The summed E-state index contributed by atoms with van der Waals surface area (Å²) in [6.07, 6.45) is 66.8. The van der Waals surface area contributed by atoms with Gasteiger partial charge in [-0.15, -0.1) is 0 Å². The van der Waals surface area contributed by atoms with E-state index in [1.807, 2.05) is 21.1 Å². The number of hydrogen-bond donors (Lipinski definition) is 4. The summed E-state index contributed by atoms with van der Waals surface area (Å²) in [5, 5.41) is 24.7. The standard InChI is InChI=1S/C57H95N2O7P/c1-6-8-10-12-14-16-18-20-21-22-23-24-25-26-27-28-29-30-31-32-33-34-35-36-37-38-40-42-44-46-48-50-56(61)58-54(53-66-67(63,64)65-52-51-59(3,4)5)57(62)55(60)49-47-45-43-41-39-19-17-15-13-11-9-7-2/h8,10,14-17,20-21,23-24,26-27,29-30,32-33,35-36,38,40-41,43,54-55,57,60,62H,6-7,9,11-13,18-19,22,25,28,31,34,37,39,42,44-53H2,1-5H3,(H-,58,61,63,64)/p+1/b10-8-,16-14-,17-15+,21-20-,24-23-,27-26-,30-29-,33-32-,36-35-,40-38-,43-41+. The molecule has 1 amide bonds. The quantitative estimate of drug-likeness (QED) is 0.0207. The highest BCUT2D eigenvalue weighted by Crippen LogP contribution is 2.43. The van der Waals surface area contributed by atoms with E-state index in [4.69, 9.17) is 9.05 Å². The summed E-state index contributed by atoms with van der Waals surface area (Å²) in [5.74, 6) is -0.312. The fourth-order valence-corrected chi connectivity index (χ4v) is 7.12. The number of carbonyl (C=O) groups is 1. The molecule has 380 valence electrons. The first kappa shape index (κ1) is 63.6. The maximum absolute atomic E-state index is 12.9. The van der Waals surface area contributed by atoms with Gasteiger partial charge in [0, 0.05) is 6.42 Å². The maximum atomic E-state index is 12.9. The Morgan fingerprint density at radius 1 is 0.537 bits per heavy atom. The zero-order chi connectivity index (χ0) is 49.4. The molecule has 0 rings (SSSR count). The molecule has 10 heteroatoms. The summed E-state index contributed by atoms with van der Waals surface area (Å²) in [6.45, 7) is 4.37. The van der Waals surface area contributed by atoms with Gasteiger partial charge in [0.25, 0.3) is 0 Å². The van der Waals surface area contributed by atoms with Gasteiger partial charge < -0.3 is 24.9 Å². The van der Waals surface area contributed by atoms with Crippen molar-refractivity contribution in [3.8, 4) is 0 Å². The van der Waals surface area contributed by atoms with Crippen LogP contribution in [0.25, 0.3) is 0 Å². The summed E-state index contributed by atoms with van der Waals surface area (Å²) in [6, 6.07) is -1.08. The van der Waals surface area contributed by atoms with Crippen LogP contribution in [-0.2, 0) is 18.4 Å². The van der Waals surface area contributed by atoms with Crippen LogP contribution in [0, 0.1) is 0 Å². The van der Waals surface area contributed by atoms with E-state index in [-0.39, 0.29) is 18.9 Å². The first-order valence-electron chi connectivity index (χ1n) is 25.6. The second-order valence-electron chi connectivity index (χ2n) is 17.9. The van der Waals surface area contributed by atoms with Crippen molar-refractivity contribution in [2.24, 2.45) is 0 Å². The third-order valence-electron chi connectivity index (χ3n) is 10.5. The maximum Gasteiger partial charge on any atom is 0.472 e. The Balaban J connectivity index is 4.44. The number of likely N-dealkylation sites (N-methyl/N-ethyl adjacent to an activating group) is 1. The van der Waals surface area contributed by atoms with E-state index in [9.17, 15) is 24.5 Å². The predicted molar refractivity (Wildman–Crippen MR) is 287 cm³/mol. The third kappa shape index (κ3) is 47.5. The van der Waals surface area contributed by atoms with E-state index >= 15 is 0 Å². The minimum atomic E-state index is -4.45. The number of phosphoric ester groups is 1. The Bertz CT molecular complexity index is 1560. The number of aliphatic hydroxyl groups excluding tert-OH is 2. The first-order chi connectivity index (χ1) is 32.4. The van der Waals surface area contributed by atoms with Crippen LogP contribution in [-0.4, -0.2) is 84.6 Å². The molecule has 0 saturated carbocycles. The molecule has 0 saturated heterocycles. The van der Waals surface area contributed by atoms with Gasteiger partial charge in [-0.2, -0.15) is 0 Å². The molecule has 0 radical (unpaired) electrons. The Hall–Kier alpha value is -3.40. The molecule has 0 spiro atoms. The Kier molecular flexibility index (Phi) is 44.0. The van der Waals surface area contributed by atoms with Gasteiger partial charge in [-0.25, -0.2) is 4.57 Å². The Morgan fingerprint density at radius 2 is 0.940 bits per heavy atom. The van der Waals surface area contributed by atoms with E-state index < -0.39 is 32.7 Å². The lowest BCUT2D eigenvalue weighted by Gasteiger charge is -2.28. The van der Waals surface area contributed by atoms with Crippen molar-refractivity contribution in [2.45, 2.75) is 180 Å². The fraction of sp³-hybridized carbons (Fsp3) is 0.596. The van der Waals surface area contributed by atoms with Gasteiger partial charge in [0.15, 0.2) is 0 Å². The van der Waals surface area contributed by atoms with Crippen LogP contribution < -0.4 is 5.32 Å². The van der Waals surface area contributed by atoms with E-state index in [0.29, 0.717) is 30.3 Å². The van der Waals surface area contributed by atoms with Gasteiger partial charge in [-0.3, -0.25) is 13.8 Å². The fourth-order valence-electron chi connectivity index (χ4n) is 6.38. The van der Waals surface area contributed by atoms with Crippen LogP contribution in [0.1, 0.15) is 162 Å². The third-order valence-corrected chi connectivity index (χ3v) is 11.4. The predicted octanol–water partition coefficient (Wildman–Crippen LogP) is 14.2. The summed E-state index contributed by atoms with van der Waals surface area (Å²) in [4.78, 5) is 23.2. The molecule has 0 fully saturated rings. The number of allylic oxidation sites excluding steroid dienone is 22. The number of hydrogen-bond acceptors (Lipinski definition) is 6. The molecule has 9 nitrogen and oxygen atoms in total. The first-order valence-corrected chi connectivity index (χ1v) is 27.1. The van der Waals surface area contributed by atoms with Crippen molar-refractivity contribution in [1.29, 1.82) is 0 Å². The van der Waals surface area contributed by atoms with Crippen LogP contribution >= 0.6 is 7.82 Å². The number of carbonyl (C=O) groups excluding carboxylic acids is 1. The molecule has 0 aliphatic rings. The zero-order valence-electron chi connectivity index (χ0n) is 42.7. The molecule has 4 atom stereocenters. The SMILES string of the molecule is CC/C=C\C/C=C\C/C=C\C/C=C\C/C=C\C/C=C\C/C=C\C/C=C\C/C=C\CCCCCC(=O)NC(COP(=O)(O)OCC[N+](C)(C)C)C(O)C(O)CCC/C=C/CC/C=C/CCCCC. The van der Waals surface area contributed by atoms with Crippen molar-refractivity contribution in [3.05, 3.63) is 134 Å². The number of quaternary nitrogens is 1. The van der Waals surface area contributed by atoms with Crippen molar-refractivity contribution < 1.29 is 38.0 Å². The molecule has 0 aliphatic carbocycles. The van der Waals surface area contributed by atoms with Crippen molar-refractivity contribution in [2.75, 3.05) is 40.9 Å². The molecule has 0 bridgehead atoms. The lowest BCUT2D eigenvalue weighted by Crippen LogP contribution is -2.51. The second-order valence-corrected chi connectivity index (χ2v) is 19.4. The summed E-state index contributed by atoms with van der Waals surface area (Å²) < 4.78 is 23.5. The monoisotopic (exact) mass is 952 g/mol. The van der Waals surface area contributed by atoms with Crippen LogP contribution in [0.3, 0.4) is 0 Å². The lowest BCUT2D eigenvalue weighted by atomic mass is 10.0. The van der Waals surface area contributed by atoms with Gasteiger partial charge in [0.05, 0.1) is 39.9 Å². The largest absolute Gasteiger partial charge is 0.472 e. The van der Waals surface area contributed by atoms with E-state index in [0.717, 1.165) is 103 Å². The summed E-state index contributed by atoms with van der Waals surface area (Å²) in [7, 11) is 1.36. The Morgan fingerprint density at radius 3 is 1.39 bits per heavy atom. The van der Waals surface area contributed by atoms with Gasteiger partial charge in [-0.1, -0.05) is 167 Å². The van der Waals surface area contributed by atoms with Gasteiger partial charge in [0.2, 0.25) is 5.91 Å². The molecular weight excluding hydrogens is 856 g/mol.